The number of hydrogen-bond acceptors (Lipinski definition) is 0. The van der Waals surface area contributed by atoms with Crippen LogP contribution in [0, 0.1) is 0 Å². The van der Waals surface area contributed by atoms with Crippen LogP contribution in [-0.4, -0.2) is 0 Å². The Morgan fingerprint density at radius 2 is 1.00 bits per heavy atom. The van der Waals surface area contributed by atoms with E-state index in [1.165, 1.54) is 33.4 Å². The van der Waals surface area contributed by atoms with Gasteiger partial charge in [-0.25, -0.2) is 0 Å². The Morgan fingerprint density at radius 3 is 1.32 bits per heavy atom. The van der Waals surface area contributed by atoms with Crippen LogP contribution in [0.4, 0.5) is 0 Å². The van der Waals surface area contributed by atoms with Crippen LogP contribution in [0.15, 0.2) is 36.4 Å². The minimum absolute atomic E-state index is 0.197. The minimum Gasteiger partial charge on any atom is -0.0582 e. The van der Waals surface area contributed by atoms with Crippen molar-refractivity contribution >= 4 is 0 Å². The molecule has 0 fully saturated rings. The Hall–Kier alpha value is -1.56. The van der Waals surface area contributed by atoms with E-state index < -0.39 is 0 Å². The van der Waals surface area contributed by atoms with Crippen molar-refractivity contribution in [1.29, 1.82) is 0 Å². The maximum atomic E-state index is 2.42. The summed E-state index contributed by atoms with van der Waals surface area (Å²) in [5.41, 5.74) is 9.09. The summed E-state index contributed by atoms with van der Waals surface area (Å²) < 4.78 is 0. The molecule has 0 heterocycles. The molecule has 0 bridgehead atoms. The normalized spacial score (nSPS) is 14.9. The molecule has 0 unspecified atom stereocenters. The molecule has 0 nitrogen and oxygen atoms in total. The fourth-order valence-electron chi connectivity index (χ4n) is 3.43. The van der Waals surface area contributed by atoms with Gasteiger partial charge in [0.15, 0.2) is 0 Å². The second kappa shape index (κ2) is 4.72. The van der Waals surface area contributed by atoms with Crippen LogP contribution in [-0.2, 0) is 10.8 Å². The summed E-state index contributed by atoms with van der Waals surface area (Å²) >= 11 is 0. The molecule has 1 aliphatic carbocycles. The van der Waals surface area contributed by atoms with Crippen molar-refractivity contribution in [3.63, 3.8) is 0 Å². The molecular weight excluding hydrogens is 264 g/mol. The van der Waals surface area contributed by atoms with Crippen LogP contribution in [0.25, 0.3) is 11.1 Å². The van der Waals surface area contributed by atoms with Crippen molar-refractivity contribution in [1.82, 2.24) is 0 Å². The van der Waals surface area contributed by atoms with Gasteiger partial charge in [0.1, 0.15) is 0 Å². The predicted molar refractivity (Wildman–Crippen MR) is 96.8 cm³/mol. The van der Waals surface area contributed by atoms with Gasteiger partial charge in [0.05, 0.1) is 0 Å². The van der Waals surface area contributed by atoms with Gasteiger partial charge >= 0.3 is 0 Å². The first-order valence-corrected chi connectivity index (χ1v) is 8.38. The molecule has 0 saturated carbocycles. The quantitative estimate of drug-likeness (QED) is 0.526. The summed E-state index contributed by atoms with van der Waals surface area (Å²) in [5, 5.41) is 0. The van der Waals surface area contributed by atoms with Crippen LogP contribution in [0.2, 0.25) is 0 Å². The average molecular weight is 292 g/mol. The van der Waals surface area contributed by atoms with Crippen LogP contribution in [0.1, 0.15) is 76.6 Å². The van der Waals surface area contributed by atoms with Gasteiger partial charge in [0.2, 0.25) is 0 Å². The number of fused-ring (bicyclic) bond motifs is 3. The summed E-state index contributed by atoms with van der Waals surface area (Å²) in [7, 11) is 0. The summed E-state index contributed by atoms with van der Waals surface area (Å²) in [6, 6.07) is 14.2. The van der Waals surface area contributed by atoms with Gasteiger partial charge in [-0.15, -0.1) is 0 Å². The van der Waals surface area contributed by atoms with Gasteiger partial charge in [-0.3, -0.25) is 0 Å². The fraction of sp³-hybridized carbons (Fsp3) is 0.455. The highest BCUT2D eigenvalue weighted by Gasteiger charge is 2.28. The molecule has 0 radical (unpaired) electrons. The van der Waals surface area contributed by atoms with Crippen molar-refractivity contribution < 1.29 is 0 Å². The fourth-order valence-corrected chi connectivity index (χ4v) is 3.43. The van der Waals surface area contributed by atoms with Gasteiger partial charge in [0, 0.05) is 5.92 Å². The maximum absolute atomic E-state index is 2.42. The minimum atomic E-state index is 0.197. The molecule has 2 aromatic carbocycles. The molecule has 0 amide bonds. The first-order chi connectivity index (χ1) is 10.1. The van der Waals surface area contributed by atoms with Crippen LogP contribution in [0.3, 0.4) is 0 Å². The zero-order valence-corrected chi connectivity index (χ0v) is 15.0. The third-order valence-corrected chi connectivity index (χ3v) is 5.06. The Kier molecular flexibility index (Phi) is 3.29. The summed E-state index contributed by atoms with van der Waals surface area (Å²) in [5.74, 6) is 0.507. The molecule has 0 spiro atoms. The van der Waals surface area contributed by atoms with E-state index in [9.17, 15) is 0 Å². The van der Waals surface area contributed by atoms with E-state index in [0.29, 0.717) is 5.92 Å². The third-order valence-electron chi connectivity index (χ3n) is 5.06. The molecule has 3 rings (SSSR count). The lowest BCUT2D eigenvalue weighted by Gasteiger charge is -2.21. The lowest BCUT2D eigenvalue weighted by molar-refractivity contribution is 0.589. The average Bonchev–Trinajstić information content (AvgIpc) is 2.70. The molecule has 2 aromatic rings. The van der Waals surface area contributed by atoms with E-state index in [4.69, 9.17) is 0 Å². The van der Waals surface area contributed by atoms with Crippen molar-refractivity contribution in [2.75, 3.05) is 0 Å². The second-order valence-electron chi connectivity index (χ2n) is 8.83. The van der Waals surface area contributed by atoms with E-state index >= 15 is 0 Å². The number of benzene rings is 2. The Bertz CT molecular complexity index is 657. The highest BCUT2D eigenvalue weighted by molar-refractivity contribution is 5.80. The molecule has 0 saturated heterocycles. The highest BCUT2D eigenvalue weighted by atomic mass is 14.3. The first-order valence-electron chi connectivity index (χ1n) is 8.38. The monoisotopic (exact) mass is 292 g/mol. The van der Waals surface area contributed by atoms with E-state index in [0.717, 1.165) is 0 Å². The molecule has 0 N–H and O–H groups in total. The van der Waals surface area contributed by atoms with Crippen molar-refractivity contribution in [3.8, 4) is 11.1 Å². The number of rotatable bonds is 0. The lowest BCUT2D eigenvalue weighted by Crippen LogP contribution is -2.11. The van der Waals surface area contributed by atoms with E-state index in [1.807, 2.05) is 0 Å². The molecular formula is C22H28. The number of hydrogen-bond donors (Lipinski definition) is 0. The molecule has 0 heteroatoms. The first kappa shape index (κ1) is 15.3. The molecule has 0 aliphatic heterocycles. The molecule has 0 atom stereocenters. The van der Waals surface area contributed by atoms with Crippen LogP contribution in [0.5, 0.6) is 0 Å². The predicted octanol–water partition coefficient (Wildman–Crippen LogP) is 6.41. The van der Waals surface area contributed by atoms with Crippen molar-refractivity contribution in [2.45, 2.75) is 65.2 Å². The Balaban J connectivity index is 2.21. The maximum Gasteiger partial charge on any atom is 0.00733 e. The summed E-state index contributed by atoms with van der Waals surface area (Å²) in [4.78, 5) is 0. The zero-order valence-electron chi connectivity index (χ0n) is 15.0. The molecule has 0 aromatic heterocycles. The smallest absolute Gasteiger partial charge is 0.00733 e. The van der Waals surface area contributed by atoms with Crippen molar-refractivity contribution in [2.24, 2.45) is 0 Å². The van der Waals surface area contributed by atoms with E-state index in [-0.39, 0.29) is 10.8 Å². The van der Waals surface area contributed by atoms with Crippen LogP contribution < -0.4 is 0 Å². The summed E-state index contributed by atoms with van der Waals surface area (Å²) in [6.07, 6.45) is 0. The molecule has 1 aliphatic rings. The van der Waals surface area contributed by atoms with Gasteiger partial charge in [-0.05, 0) is 44.2 Å². The third kappa shape index (κ3) is 2.39. The van der Waals surface area contributed by atoms with E-state index in [1.54, 1.807) is 0 Å². The Labute approximate surface area is 135 Å². The second-order valence-corrected chi connectivity index (χ2v) is 8.83. The standard InChI is InChI=1S/C22H28/c1-14-17-10-8-15(21(2,3)4)12-19(17)20-13-16(22(5,6)7)9-11-18(14)20/h8-14H,1-7H3. The Morgan fingerprint density at radius 1 is 0.636 bits per heavy atom. The van der Waals surface area contributed by atoms with Gasteiger partial charge in [0.25, 0.3) is 0 Å². The van der Waals surface area contributed by atoms with Gasteiger partial charge in [-0.2, -0.15) is 0 Å². The summed E-state index contributed by atoms with van der Waals surface area (Å²) in [6.45, 7) is 16.1. The molecule has 22 heavy (non-hydrogen) atoms. The topological polar surface area (TPSA) is 0 Å². The van der Waals surface area contributed by atoms with Gasteiger partial charge < -0.3 is 0 Å². The highest BCUT2D eigenvalue weighted by Crippen LogP contribution is 2.47. The van der Waals surface area contributed by atoms with Crippen molar-refractivity contribution in [3.05, 3.63) is 58.7 Å². The molecule has 116 valence electrons. The largest absolute Gasteiger partial charge is 0.0582 e. The van der Waals surface area contributed by atoms with Gasteiger partial charge in [-0.1, -0.05) is 84.9 Å². The zero-order chi connectivity index (χ0) is 16.3. The van der Waals surface area contributed by atoms with Crippen LogP contribution >= 0.6 is 0 Å². The lowest BCUT2D eigenvalue weighted by atomic mass is 9.83. The SMILES string of the molecule is CC1c2ccc(C(C)(C)C)cc2-c2cc(C(C)(C)C)ccc21. The van der Waals surface area contributed by atoms with E-state index in [2.05, 4.69) is 84.9 Å².